The van der Waals surface area contributed by atoms with E-state index in [0.717, 1.165) is 31.2 Å². The molecule has 0 unspecified atom stereocenters. The van der Waals surface area contributed by atoms with Gasteiger partial charge in [-0.05, 0) is 54.8 Å². The lowest BCUT2D eigenvalue weighted by molar-refractivity contribution is -0.121. The predicted octanol–water partition coefficient (Wildman–Crippen LogP) is 6.10. The maximum Gasteiger partial charge on any atom is 0.255 e. The van der Waals surface area contributed by atoms with E-state index >= 15 is 0 Å². The molecule has 8 heteroatoms. The Kier molecular flexibility index (Phi) is 6.86. The molecule has 33 heavy (non-hydrogen) atoms. The van der Waals surface area contributed by atoms with Crippen molar-refractivity contribution in [2.75, 3.05) is 17.7 Å². The standard InChI is InChI=1S/C25H23Cl2N3O3/c1-33-21-14-19(8-9-20(21)30-23(31)16-5-4-6-18(26)13-16)29-24(32)25(11-2-3-12-25)17-7-10-22(27)28-15-17/h4-10,13-15H,2-3,11-12H2,1H3,(H,29,32)(H,30,31). The minimum Gasteiger partial charge on any atom is -0.494 e. The number of nitrogens with one attached hydrogen (secondary N) is 2. The normalized spacial score (nSPS) is 14.5. The molecule has 0 atom stereocenters. The van der Waals surface area contributed by atoms with Crippen LogP contribution in [0.1, 0.15) is 41.6 Å². The summed E-state index contributed by atoms with van der Waals surface area (Å²) in [6.45, 7) is 0. The number of pyridine rings is 1. The summed E-state index contributed by atoms with van der Waals surface area (Å²) < 4.78 is 5.46. The van der Waals surface area contributed by atoms with E-state index < -0.39 is 5.41 Å². The molecule has 3 aromatic rings. The first-order chi connectivity index (χ1) is 15.9. The summed E-state index contributed by atoms with van der Waals surface area (Å²) in [6, 6.07) is 15.4. The van der Waals surface area contributed by atoms with Crippen molar-refractivity contribution in [3.05, 3.63) is 82.1 Å². The summed E-state index contributed by atoms with van der Waals surface area (Å²) in [6.07, 6.45) is 5.10. The van der Waals surface area contributed by atoms with Gasteiger partial charge in [-0.3, -0.25) is 9.59 Å². The van der Waals surface area contributed by atoms with Crippen molar-refractivity contribution in [3.8, 4) is 5.75 Å². The SMILES string of the molecule is COc1cc(NC(=O)C2(c3ccc(Cl)nc3)CCCC2)ccc1NC(=O)c1cccc(Cl)c1. The predicted molar refractivity (Wildman–Crippen MR) is 130 cm³/mol. The molecule has 2 N–H and O–H groups in total. The first-order valence-corrected chi connectivity index (χ1v) is 11.4. The monoisotopic (exact) mass is 483 g/mol. The van der Waals surface area contributed by atoms with Crippen molar-refractivity contribution in [2.45, 2.75) is 31.1 Å². The Balaban J connectivity index is 1.54. The molecule has 1 aliphatic rings. The second kappa shape index (κ2) is 9.81. The third-order valence-electron chi connectivity index (χ3n) is 5.97. The van der Waals surface area contributed by atoms with Gasteiger partial charge >= 0.3 is 0 Å². The number of nitrogens with zero attached hydrogens (tertiary/aromatic N) is 1. The van der Waals surface area contributed by atoms with Crippen LogP contribution in [0.3, 0.4) is 0 Å². The van der Waals surface area contributed by atoms with E-state index in [9.17, 15) is 9.59 Å². The quantitative estimate of drug-likeness (QED) is 0.415. The van der Waals surface area contributed by atoms with E-state index in [0.29, 0.717) is 32.9 Å². The van der Waals surface area contributed by atoms with Crippen LogP contribution in [0.15, 0.2) is 60.8 Å². The Hall–Kier alpha value is -3.09. The van der Waals surface area contributed by atoms with Crippen molar-refractivity contribution in [1.82, 2.24) is 4.98 Å². The van der Waals surface area contributed by atoms with E-state index in [1.165, 1.54) is 7.11 Å². The van der Waals surface area contributed by atoms with Crippen LogP contribution in [-0.2, 0) is 10.2 Å². The first kappa shape index (κ1) is 23.1. The molecular weight excluding hydrogens is 461 g/mol. The molecule has 1 fully saturated rings. The smallest absolute Gasteiger partial charge is 0.255 e. The van der Waals surface area contributed by atoms with Crippen LogP contribution in [0.4, 0.5) is 11.4 Å². The zero-order valence-electron chi connectivity index (χ0n) is 18.0. The molecule has 1 saturated carbocycles. The van der Waals surface area contributed by atoms with Crippen LogP contribution < -0.4 is 15.4 Å². The molecular formula is C25H23Cl2N3O3. The molecule has 0 aliphatic heterocycles. The van der Waals surface area contributed by atoms with Crippen molar-refractivity contribution < 1.29 is 14.3 Å². The van der Waals surface area contributed by atoms with Gasteiger partial charge in [0.25, 0.3) is 5.91 Å². The molecule has 0 bridgehead atoms. The minimum absolute atomic E-state index is 0.0955. The Labute approximate surface area is 202 Å². The third-order valence-corrected chi connectivity index (χ3v) is 6.42. The molecule has 6 nitrogen and oxygen atoms in total. The maximum absolute atomic E-state index is 13.4. The molecule has 2 amide bonds. The number of rotatable bonds is 6. The summed E-state index contributed by atoms with van der Waals surface area (Å²) in [5.41, 5.74) is 1.70. The zero-order valence-corrected chi connectivity index (χ0v) is 19.5. The van der Waals surface area contributed by atoms with Gasteiger partial charge in [0.15, 0.2) is 0 Å². The fraction of sp³-hybridized carbons (Fsp3) is 0.240. The van der Waals surface area contributed by atoms with Gasteiger partial charge in [-0.2, -0.15) is 0 Å². The summed E-state index contributed by atoms with van der Waals surface area (Å²) in [7, 11) is 1.51. The van der Waals surface area contributed by atoms with E-state index in [1.54, 1.807) is 54.7 Å². The number of hydrogen-bond acceptors (Lipinski definition) is 4. The van der Waals surface area contributed by atoms with E-state index in [2.05, 4.69) is 15.6 Å². The first-order valence-electron chi connectivity index (χ1n) is 10.6. The molecule has 2 aromatic carbocycles. The van der Waals surface area contributed by atoms with Gasteiger partial charge in [-0.25, -0.2) is 4.98 Å². The van der Waals surface area contributed by atoms with E-state index in [-0.39, 0.29) is 11.8 Å². The minimum atomic E-state index is -0.649. The molecule has 1 aliphatic carbocycles. The zero-order chi connectivity index (χ0) is 23.4. The Morgan fingerprint density at radius 3 is 2.45 bits per heavy atom. The second-order valence-corrected chi connectivity index (χ2v) is 8.82. The number of ether oxygens (including phenoxy) is 1. The molecule has 0 spiro atoms. The summed E-state index contributed by atoms with van der Waals surface area (Å²) in [5.74, 6) is 0.0198. The maximum atomic E-state index is 13.4. The van der Waals surface area contributed by atoms with Crippen molar-refractivity contribution in [1.29, 1.82) is 0 Å². The molecule has 0 saturated heterocycles. The van der Waals surface area contributed by atoms with Crippen molar-refractivity contribution >= 4 is 46.4 Å². The highest BCUT2D eigenvalue weighted by Gasteiger charge is 2.43. The highest BCUT2D eigenvalue weighted by molar-refractivity contribution is 6.31. The largest absolute Gasteiger partial charge is 0.494 e. The average molecular weight is 484 g/mol. The lowest BCUT2D eigenvalue weighted by atomic mass is 9.78. The topological polar surface area (TPSA) is 80.3 Å². The lowest BCUT2D eigenvalue weighted by Crippen LogP contribution is -2.38. The Bertz CT molecular complexity index is 1180. The summed E-state index contributed by atoms with van der Waals surface area (Å²) in [4.78, 5) is 30.2. The van der Waals surface area contributed by atoms with Gasteiger partial charge in [-0.15, -0.1) is 0 Å². The molecule has 170 valence electrons. The number of aromatic nitrogens is 1. The summed E-state index contributed by atoms with van der Waals surface area (Å²) >= 11 is 11.9. The highest BCUT2D eigenvalue weighted by Crippen LogP contribution is 2.42. The van der Waals surface area contributed by atoms with Gasteiger partial charge < -0.3 is 15.4 Å². The number of halogens is 2. The molecule has 1 heterocycles. The van der Waals surface area contributed by atoms with Crippen LogP contribution in [0.25, 0.3) is 0 Å². The number of hydrogen-bond donors (Lipinski definition) is 2. The lowest BCUT2D eigenvalue weighted by Gasteiger charge is -2.28. The number of carbonyl (C=O) groups is 2. The number of benzene rings is 2. The van der Waals surface area contributed by atoms with Crippen LogP contribution in [0.2, 0.25) is 10.2 Å². The van der Waals surface area contributed by atoms with Crippen LogP contribution >= 0.6 is 23.2 Å². The molecule has 4 rings (SSSR count). The van der Waals surface area contributed by atoms with Crippen LogP contribution in [0, 0.1) is 0 Å². The van der Waals surface area contributed by atoms with Gasteiger partial charge in [0, 0.05) is 28.5 Å². The number of amides is 2. The fourth-order valence-electron chi connectivity index (χ4n) is 4.23. The van der Waals surface area contributed by atoms with Gasteiger partial charge in [0.2, 0.25) is 5.91 Å². The average Bonchev–Trinajstić information content (AvgIpc) is 3.32. The van der Waals surface area contributed by atoms with E-state index in [4.69, 9.17) is 27.9 Å². The number of anilines is 2. The van der Waals surface area contributed by atoms with E-state index in [1.807, 2.05) is 6.07 Å². The van der Waals surface area contributed by atoms with Crippen molar-refractivity contribution in [3.63, 3.8) is 0 Å². The third kappa shape index (κ3) is 4.97. The van der Waals surface area contributed by atoms with Gasteiger partial charge in [-0.1, -0.05) is 48.2 Å². The van der Waals surface area contributed by atoms with Crippen LogP contribution in [0.5, 0.6) is 5.75 Å². The Morgan fingerprint density at radius 1 is 1.00 bits per heavy atom. The summed E-state index contributed by atoms with van der Waals surface area (Å²) in [5, 5.41) is 6.72. The molecule has 1 aromatic heterocycles. The fourth-order valence-corrected chi connectivity index (χ4v) is 4.53. The second-order valence-electron chi connectivity index (χ2n) is 7.99. The van der Waals surface area contributed by atoms with Crippen molar-refractivity contribution in [2.24, 2.45) is 0 Å². The van der Waals surface area contributed by atoms with Gasteiger partial charge in [0.05, 0.1) is 18.2 Å². The van der Waals surface area contributed by atoms with Gasteiger partial charge in [0.1, 0.15) is 10.9 Å². The van der Waals surface area contributed by atoms with Crippen LogP contribution in [-0.4, -0.2) is 23.9 Å². The highest BCUT2D eigenvalue weighted by atomic mass is 35.5. The number of methoxy groups -OCH3 is 1. The molecule has 0 radical (unpaired) electrons. The Morgan fingerprint density at radius 2 is 1.79 bits per heavy atom. The number of carbonyl (C=O) groups excluding carboxylic acids is 2.